The molecule has 4 rings (SSSR count). The second-order valence-corrected chi connectivity index (χ2v) is 8.91. The maximum atomic E-state index is 13.7. The number of nitrogens with zero attached hydrogens (tertiary/aromatic N) is 2. The van der Waals surface area contributed by atoms with E-state index in [9.17, 15) is 14.0 Å². The molecule has 164 valence electrons. The van der Waals surface area contributed by atoms with Gasteiger partial charge in [0.1, 0.15) is 18.4 Å². The predicted molar refractivity (Wildman–Crippen MR) is 119 cm³/mol. The molecule has 1 atom stereocenters. The third-order valence-electron chi connectivity index (χ3n) is 6.46. The van der Waals surface area contributed by atoms with Gasteiger partial charge in [-0.2, -0.15) is 0 Å². The number of carbonyl (C=O) groups excluding carboxylic acids is 2. The normalized spacial score (nSPS) is 20.8. The Morgan fingerprint density at radius 3 is 2.35 bits per heavy atom. The summed E-state index contributed by atoms with van der Waals surface area (Å²) in [4.78, 5) is 30.4. The van der Waals surface area contributed by atoms with Crippen LogP contribution in [0.3, 0.4) is 0 Å². The van der Waals surface area contributed by atoms with Crippen molar-refractivity contribution in [3.8, 4) is 0 Å². The number of hydrogen-bond acceptors (Lipinski definition) is 2. The summed E-state index contributed by atoms with van der Waals surface area (Å²) in [5, 5.41) is 0.179. The lowest BCUT2D eigenvalue weighted by molar-refractivity contribution is -0.158. The highest BCUT2D eigenvalue weighted by molar-refractivity contribution is 6.31. The second-order valence-electron chi connectivity index (χ2n) is 8.50. The molecule has 1 heterocycles. The van der Waals surface area contributed by atoms with Crippen molar-refractivity contribution >= 4 is 23.4 Å². The smallest absolute Gasteiger partial charge is 0.250 e. The lowest BCUT2D eigenvalue weighted by Crippen LogP contribution is -2.58. The van der Waals surface area contributed by atoms with Gasteiger partial charge in [0.05, 0.1) is 0 Å². The first-order valence-electron chi connectivity index (χ1n) is 11.1. The van der Waals surface area contributed by atoms with Gasteiger partial charge >= 0.3 is 0 Å². The van der Waals surface area contributed by atoms with Gasteiger partial charge in [0.15, 0.2) is 0 Å². The average Bonchev–Trinajstić information content (AvgIpc) is 3.05. The molecule has 2 amide bonds. The van der Waals surface area contributed by atoms with Crippen molar-refractivity contribution in [3.63, 3.8) is 0 Å². The fourth-order valence-electron chi connectivity index (χ4n) is 4.80. The van der Waals surface area contributed by atoms with Crippen LogP contribution in [-0.4, -0.2) is 40.7 Å². The fraction of sp³-hybridized carbons (Fsp3) is 0.440. The fourth-order valence-corrected chi connectivity index (χ4v) is 5.07. The van der Waals surface area contributed by atoms with Crippen molar-refractivity contribution in [2.45, 2.75) is 57.0 Å². The molecule has 0 radical (unpaired) electrons. The number of benzene rings is 2. The van der Waals surface area contributed by atoms with Crippen molar-refractivity contribution < 1.29 is 14.0 Å². The summed E-state index contributed by atoms with van der Waals surface area (Å²) in [6.07, 6.45) is 6.97. The lowest BCUT2D eigenvalue weighted by atomic mass is 9.97. The first-order valence-corrected chi connectivity index (χ1v) is 11.5. The average molecular weight is 443 g/mol. The van der Waals surface area contributed by atoms with Gasteiger partial charge in [0.25, 0.3) is 5.91 Å². The van der Waals surface area contributed by atoms with E-state index in [4.69, 9.17) is 11.6 Å². The van der Waals surface area contributed by atoms with Gasteiger partial charge in [-0.3, -0.25) is 9.59 Å². The lowest BCUT2D eigenvalue weighted by Gasteiger charge is -2.43. The molecule has 2 aromatic carbocycles. The van der Waals surface area contributed by atoms with E-state index in [1.54, 1.807) is 15.9 Å². The first-order chi connectivity index (χ1) is 15.0. The largest absolute Gasteiger partial charge is 0.328 e. The molecule has 1 aliphatic carbocycles. The van der Waals surface area contributed by atoms with Crippen molar-refractivity contribution in [2.75, 3.05) is 13.1 Å². The Bertz CT molecular complexity index is 928. The Balaban J connectivity index is 1.64. The summed E-state index contributed by atoms with van der Waals surface area (Å²) in [5.74, 6) is -0.641. The Hall–Kier alpha value is -2.40. The van der Waals surface area contributed by atoms with E-state index in [2.05, 4.69) is 0 Å². The minimum absolute atomic E-state index is 0.0785. The highest BCUT2D eigenvalue weighted by atomic mass is 35.5. The topological polar surface area (TPSA) is 40.6 Å². The van der Waals surface area contributed by atoms with E-state index in [0.29, 0.717) is 18.5 Å². The van der Waals surface area contributed by atoms with Crippen LogP contribution in [0.25, 0.3) is 0 Å². The van der Waals surface area contributed by atoms with Crippen molar-refractivity contribution in [3.05, 3.63) is 70.5 Å². The van der Waals surface area contributed by atoms with Gasteiger partial charge in [0.2, 0.25) is 5.91 Å². The van der Waals surface area contributed by atoms with Crippen LogP contribution in [-0.2, 0) is 16.0 Å². The number of carbonyl (C=O) groups is 2. The molecule has 1 aliphatic heterocycles. The number of hydrogen-bond donors (Lipinski definition) is 0. The van der Waals surface area contributed by atoms with E-state index >= 15 is 0 Å². The molecular weight excluding hydrogens is 415 g/mol. The summed E-state index contributed by atoms with van der Waals surface area (Å²) >= 11 is 6.37. The van der Waals surface area contributed by atoms with Gasteiger partial charge in [-0.25, -0.2) is 4.39 Å². The summed E-state index contributed by atoms with van der Waals surface area (Å²) in [6, 6.07) is 13.2. The van der Waals surface area contributed by atoms with E-state index in [1.165, 1.54) is 25.0 Å². The molecule has 6 heteroatoms. The Morgan fingerprint density at radius 1 is 0.968 bits per heavy atom. The molecule has 2 aliphatic rings. The Labute approximate surface area is 188 Å². The summed E-state index contributed by atoms with van der Waals surface area (Å²) in [7, 11) is 0. The Kier molecular flexibility index (Phi) is 6.91. The van der Waals surface area contributed by atoms with Gasteiger partial charge in [-0.05, 0) is 37.0 Å². The molecular formula is C25H28ClFN2O2. The summed E-state index contributed by atoms with van der Waals surface area (Å²) < 4.78 is 13.7. The zero-order valence-electron chi connectivity index (χ0n) is 17.6. The molecule has 31 heavy (non-hydrogen) atoms. The monoisotopic (exact) mass is 442 g/mol. The zero-order valence-corrected chi connectivity index (χ0v) is 18.4. The number of amides is 2. The third-order valence-corrected chi connectivity index (χ3v) is 6.79. The van der Waals surface area contributed by atoms with Crippen molar-refractivity contribution in [2.24, 2.45) is 0 Å². The molecule has 1 saturated heterocycles. The molecule has 2 aromatic rings. The molecule has 4 nitrogen and oxygen atoms in total. The van der Waals surface area contributed by atoms with Crippen LogP contribution in [0.15, 0.2) is 48.5 Å². The third kappa shape index (κ3) is 4.93. The van der Waals surface area contributed by atoms with Crippen LogP contribution in [0, 0.1) is 5.82 Å². The molecule has 0 aromatic heterocycles. The predicted octanol–water partition coefficient (Wildman–Crippen LogP) is 5.16. The molecule has 0 bridgehead atoms. The summed E-state index contributed by atoms with van der Waals surface area (Å²) in [6.45, 7) is 0.513. The maximum absolute atomic E-state index is 13.7. The number of piperazine rings is 1. The Morgan fingerprint density at radius 2 is 1.68 bits per heavy atom. The van der Waals surface area contributed by atoms with E-state index in [1.807, 2.05) is 30.3 Å². The molecule has 0 N–H and O–H groups in total. The van der Waals surface area contributed by atoms with Gasteiger partial charge < -0.3 is 9.80 Å². The second kappa shape index (κ2) is 9.82. The maximum Gasteiger partial charge on any atom is 0.250 e. The molecule has 2 fully saturated rings. The minimum atomic E-state index is -0.818. The summed E-state index contributed by atoms with van der Waals surface area (Å²) in [5.41, 5.74) is 1.59. The zero-order chi connectivity index (χ0) is 21.8. The van der Waals surface area contributed by atoms with Crippen LogP contribution in [0.5, 0.6) is 0 Å². The standard InChI is InChI=1S/C25H28ClFN2O2/c26-22-16-19(27)12-13-21(22)24-25(31)29(20-10-6-1-2-7-11-20)17-23(30)28(24)15-14-18-8-4-3-5-9-18/h3-5,8-9,12-13,16,20,24H,1-2,6-7,10-11,14-15,17H2. The van der Waals surface area contributed by atoms with Gasteiger partial charge in [-0.15, -0.1) is 0 Å². The molecule has 0 spiro atoms. The highest BCUT2D eigenvalue weighted by Crippen LogP contribution is 2.35. The van der Waals surface area contributed by atoms with Crippen molar-refractivity contribution in [1.29, 1.82) is 0 Å². The van der Waals surface area contributed by atoms with Crippen LogP contribution in [0.1, 0.15) is 55.7 Å². The molecule has 1 saturated carbocycles. The van der Waals surface area contributed by atoms with Crippen LogP contribution in [0.4, 0.5) is 4.39 Å². The highest BCUT2D eigenvalue weighted by Gasteiger charge is 2.43. The van der Waals surface area contributed by atoms with E-state index in [0.717, 1.165) is 31.2 Å². The van der Waals surface area contributed by atoms with Crippen LogP contribution < -0.4 is 0 Å². The van der Waals surface area contributed by atoms with E-state index in [-0.39, 0.29) is 29.4 Å². The van der Waals surface area contributed by atoms with Gasteiger partial charge in [0, 0.05) is 23.2 Å². The SMILES string of the molecule is O=C1C(c2ccc(F)cc2Cl)N(CCc2ccccc2)C(=O)CN1C1CCCCCC1. The van der Waals surface area contributed by atoms with Crippen LogP contribution >= 0.6 is 11.6 Å². The first kappa shape index (κ1) is 21.8. The van der Waals surface area contributed by atoms with Gasteiger partial charge in [-0.1, -0.05) is 73.7 Å². The number of rotatable bonds is 5. The van der Waals surface area contributed by atoms with E-state index < -0.39 is 11.9 Å². The minimum Gasteiger partial charge on any atom is -0.328 e. The molecule has 1 unspecified atom stereocenters. The van der Waals surface area contributed by atoms with Crippen LogP contribution in [0.2, 0.25) is 5.02 Å². The van der Waals surface area contributed by atoms with Crippen molar-refractivity contribution in [1.82, 2.24) is 9.80 Å². The number of halogens is 2. The quantitative estimate of drug-likeness (QED) is 0.600.